The molecule has 3 aromatic rings. The molecule has 0 N–H and O–H groups in total. The van der Waals surface area contributed by atoms with Crippen molar-refractivity contribution in [3.05, 3.63) is 68.5 Å². The quantitative estimate of drug-likeness (QED) is 0.341. The molecular formula is C15H9Cl2N3O3S. The summed E-state index contributed by atoms with van der Waals surface area (Å²) in [5.41, 5.74) is 0.613. The molecule has 9 heteroatoms. The maximum absolute atomic E-state index is 10.7. The number of hydrogen-bond acceptors (Lipinski definition) is 6. The van der Waals surface area contributed by atoms with Gasteiger partial charge in [-0.05, 0) is 24.3 Å². The first-order valence-corrected chi connectivity index (χ1v) is 8.43. The zero-order chi connectivity index (χ0) is 17.1. The fourth-order valence-corrected chi connectivity index (χ4v) is 3.43. The van der Waals surface area contributed by atoms with Gasteiger partial charge in [-0.2, -0.15) is 0 Å². The number of benzene rings is 2. The average Bonchev–Trinajstić information content (AvgIpc) is 3.03. The number of aromatic nitrogens is 2. The van der Waals surface area contributed by atoms with Gasteiger partial charge in [-0.1, -0.05) is 29.3 Å². The molecule has 0 bridgehead atoms. The van der Waals surface area contributed by atoms with E-state index in [0.29, 0.717) is 33.1 Å². The number of thioether (sulfide) groups is 1. The highest BCUT2D eigenvalue weighted by Crippen LogP contribution is 2.35. The summed E-state index contributed by atoms with van der Waals surface area (Å²) in [4.78, 5) is 10.9. The number of nitro benzene ring substituents is 1. The van der Waals surface area contributed by atoms with Crippen LogP contribution >= 0.6 is 35.0 Å². The van der Waals surface area contributed by atoms with Gasteiger partial charge in [-0.25, -0.2) is 0 Å². The maximum Gasteiger partial charge on any atom is 0.269 e. The minimum atomic E-state index is -0.465. The number of nitrogens with zero attached hydrogens (tertiary/aromatic N) is 3. The van der Waals surface area contributed by atoms with Crippen LogP contribution in [0.2, 0.25) is 10.0 Å². The average molecular weight is 382 g/mol. The number of nitro groups is 1. The Hall–Kier alpha value is -2.09. The van der Waals surface area contributed by atoms with E-state index in [-0.39, 0.29) is 5.69 Å². The van der Waals surface area contributed by atoms with Crippen molar-refractivity contribution in [2.24, 2.45) is 0 Å². The fraction of sp³-hybridized carbons (Fsp3) is 0.0667. The summed E-state index contributed by atoms with van der Waals surface area (Å²) in [7, 11) is 0. The molecule has 1 heterocycles. The monoisotopic (exact) mass is 381 g/mol. The Bertz CT molecular complexity index is 864. The predicted octanol–water partition coefficient (Wildman–Crippen LogP) is 5.24. The zero-order valence-electron chi connectivity index (χ0n) is 12.0. The Labute approximate surface area is 150 Å². The summed E-state index contributed by atoms with van der Waals surface area (Å²) in [6.45, 7) is 0. The molecule has 0 saturated carbocycles. The Kier molecular flexibility index (Phi) is 5.03. The summed E-state index contributed by atoms with van der Waals surface area (Å²) < 4.78 is 5.57. The molecule has 0 saturated heterocycles. The van der Waals surface area contributed by atoms with Crippen LogP contribution in [-0.4, -0.2) is 15.1 Å². The topological polar surface area (TPSA) is 82.1 Å². The van der Waals surface area contributed by atoms with Crippen LogP contribution in [0.1, 0.15) is 5.89 Å². The predicted molar refractivity (Wildman–Crippen MR) is 92.4 cm³/mol. The van der Waals surface area contributed by atoms with Gasteiger partial charge >= 0.3 is 0 Å². The van der Waals surface area contributed by atoms with Crippen molar-refractivity contribution in [1.82, 2.24) is 10.2 Å². The maximum atomic E-state index is 10.7. The number of hydrogen-bond donors (Lipinski definition) is 0. The highest BCUT2D eigenvalue weighted by atomic mass is 35.5. The minimum Gasteiger partial charge on any atom is -0.420 e. The summed E-state index contributed by atoms with van der Waals surface area (Å²) in [5.74, 6) is 1.11. The molecule has 24 heavy (non-hydrogen) atoms. The normalized spacial score (nSPS) is 10.8. The molecule has 0 atom stereocenters. The van der Waals surface area contributed by atoms with E-state index in [0.717, 1.165) is 4.90 Å². The van der Waals surface area contributed by atoms with Gasteiger partial charge in [0.25, 0.3) is 5.69 Å². The third-order valence-corrected chi connectivity index (χ3v) is 5.02. The van der Waals surface area contributed by atoms with Crippen molar-refractivity contribution >= 4 is 40.7 Å². The van der Waals surface area contributed by atoms with Crippen molar-refractivity contribution < 1.29 is 9.34 Å². The van der Waals surface area contributed by atoms with Crippen molar-refractivity contribution in [3.8, 4) is 11.5 Å². The van der Waals surface area contributed by atoms with Crippen molar-refractivity contribution in [2.75, 3.05) is 0 Å². The second kappa shape index (κ2) is 7.21. The van der Waals surface area contributed by atoms with Crippen LogP contribution in [0.4, 0.5) is 5.69 Å². The molecule has 0 radical (unpaired) electrons. The van der Waals surface area contributed by atoms with Gasteiger partial charge in [0.1, 0.15) is 0 Å². The van der Waals surface area contributed by atoms with Gasteiger partial charge in [0, 0.05) is 22.6 Å². The lowest BCUT2D eigenvalue weighted by Gasteiger charge is -2.03. The number of non-ortho nitro benzene ring substituents is 1. The van der Waals surface area contributed by atoms with Crippen molar-refractivity contribution in [1.29, 1.82) is 0 Å². The lowest BCUT2D eigenvalue weighted by Crippen LogP contribution is -1.87. The van der Waals surface area contributed by atoms with E-state index in [9.17, 15) is 10.1 Å². The molecular weight excluding hydrogens is 373 g/mol. The molecule has 3 rings (SSSR count). The van der Waals surface area contributed by atoms with Crippen LogP contribution < -0.4 is 0 Å². The first-order valence-electron chi connectivity index (χ1n) is 6.68. The molecule has 0 aliphatic rings. The Balaban J connectivity index is 1.73. The Morgan fingerprint density at radius 2 is 1.75 bits per heavy atom. The van der Waals surface area contributed by atoms with Crippen LogP contribution in [-0.2, 0) is 5.75 Å². The summed E-state index contributed by atoms with van der Waals surface area (Å²) in [5, 5.41) is 19.7. The van der Waals surface area contributed by atoms with Gasteiger partial charge in [-0.15, -0.1) is 22.0 Å². The molecule has 0 unspecified atom stereocenters. The Morgan fingerprint density at radius 3 is 2.38 bits per heavy atom. The van der Waals surface area contributed by atoms with E-state index in [2.05, 4.69) is 10.2 Å². The fourth-order valence-electron chi connectivity index (χ4n) is 1.91. The molecule has 6 nitrogen and oxygen atoms in total. The highest BCUT2D eigenvalue weighted by molar-refractivity contribution is 7.98. The lowest BCUT2D eigenvalue weighted by molar-refractivity contribution is -0.384. The second-order valence-electron chi connectivity index (χ2n) is 4.64. The number of halogens is 2. The smallest absolute Gasteiger partial charge is 0.269 e. The SMILES string of the molecule is O=[N+]([O-])c1ccc(-c2nnc(CSc3c(Cl)cccc3Cl)o2)cc1. The van der Waals surface area contributed by atoms with Gasteiger partial charge < -0.3 is 4.42 Å². The van der Waals surface area contributed by atoms with Crippen LogP contribution in [0.3, 0.4) is 0 Å². The highest BCUT2D eigenvalue weighted by Gasteiger charge is 2.13. The minimum absolute atomic E-state index is 0.00223. The van der Waals surface area contributed by atoms with Crippen LogP contribution in [0.15, 0.2) is 51.8 Å². The molecule has 0 aliphatic carbocycles. The van der Waals surface area contributed by atoms with Crippen LogP contribution in [0, 0.1) is 10.1 Å². The Morgan fingerprint density at radius 1 is 1.08 bits per heavy atom. The summed E-state index contributed by atoms with van der Waals surface area (Å²) >= 11 is 13.6. The first kappa shape index (κ1) is 16.8. The standard InChI is InChI=1S/C15H9Cl2N3O3S/c16-11-2-1-3-12(17)14(11)24-8-13-18-19-15(23-13)9-4-6-10(7-5-9)20(21)22/h1-7H,8H2. The van der Waals surface area contributed by atoms with E-state index >= 15 is 0 Å². The largest absolute Gasteiger partial charge is 0.420 e. The lowest BCUT2D eigenvalue weighted by atomic mass is 10.2. The molecule has 0 spiro atoms. The van der Waals surface area contributed by atoms with E-state index in [1.54, 1.807) is 30.3 Å². The van der Waals surface area contributed by atoms with Gasteiger partial charge in [-0.3, -0.25) is 10.1 Å². The van der Waals surface area contributed by atoms with E-state index in [1.165, 1.54) is 23.9 Å². The summed E-state index contributed by atoms with van der Waals surface area (Å²) in [6, 6.07) is 11.2. The van der Waals surface area contributed by atoms with Gasteiger partial charge in [0.15, 0.2) is 0 Å². The molecule has 122 valence electrons. The van der Waals surface area contributed by atoms with Crippen LogP contribution in [0.5, 0.6) is 0 Å². The van der Waals surface area contributed by atoms with Crippen molar-refractivity contribution in [3.63, 3.8) is 0 Å². The van der Waals surface area contributed by atoms with E-state index in [4.69, 9.17) is 27.6 Å². The molecule has 2 aromatic carbocycles. The zero-order valence-corrected chi connectivity index (χ0v) is 14.3. The first-order chi connectivity index (χ1) is 11.5. The molecule has 0 aliphatic heterocycles. The van der Waals surface area contributed by atoms with E-state index < -0.39 is 4.92 Å². The third-order valence-electron chi connectivity index (χ3n) is 3.05. The molecule has 0 fully saturated rings. The second-order valence-corrected chi connectivity index (χ2v) is 6.44. The van der Waals surface area contributed by atoms with Crippen molar-refractivity contribution in [2.45, 2.75) is 10.6 Å². The van der Waals surface area contributed by atoms with Gasteiger partial charge in [0.05, 0.1) is 20.7 Å². The summed E-state index contributed by atoms with van der Waals surface area (Å²) in [6.07, 6.45) is 0. The third kappa shape index (κ3) is 3.69. The van der Waals surface area contributed by atoms with E-state index in [1.807, 2.05) is 0 Å². The molecule has 0 amide bonds. The number of rotatable bonds is 5. The van der Waals surface area contributed by atoms with Crippen LogP contribution in [0.25, 0.3) is 11.5 Å². The van der Waals surface area contributed by atoms with Gasteiger partial charge in [0.2, 0.25) is 11.8 Å². The molecule has 1 aromatic heterocycles.